The van der Waals surface area contributed by atoms with Gasteiger partial charge in [0.15, 0.2) is 0 Å². The molecule has 2 heterocycles. The number of amides is 1. The molecule has 1 amide bonds. The van der Waals surface area contributed by atoms with E-state index in [1.807, 2.05) is 13.0 Å². The predicted molar refractivity (Wildman–Crippen MR) is 142 cm³/mol. The van der Waals surface area contributed by atoms with E-state index < -0.39 is 39.1 Å². The molecule has 2 N–H and O–H groups in total. The maximum absolute atomic E-state index is 15.3. The van der Waals surface area contributed by atoms with E-state index >= 15 is 4.39 Å². The largest absolute Gasteiger partial charge is 0.345 e. The molecule has 8 nitrogen and oxygen atoms in total. The average molecular weight is 543 g/mol. The first-order valence-corrected chi connectivity index (χ1v) is 13.7. The molecule has 2 aromatic heterocycles. The van der Waals surface area contributed by atoms with Crippen LogP contribution in [0.4, 0.5) is 8.78 Å². The van der Waals surface area contributed by atoms with Crippen LogP contribution < -0.4 is 4.72 Å². The number of nitrogens with one attached hydrogen (secondary N) is 2. The van der Waals surface area contributed by atoms with E-state index in [0.29, 0.717) is 28.6 Å². The summed E-state index contributed by atoms with van der Waals surface area (Å²) in [6.45, 7) is 3.48. The summed E-state index contributed by atoms with van der Waals surface area (Å²) in [5.74, 6) is -3.48. The fourth-order valence-electron chi connectivity index (χ4n) is 4.38. The van der Waals surface area contributed by atoms with Crippen molar-refractivity contribution >= 4 is 32.7 Å². The number of aromatic nitrogens is 2. The Labute approximate surface area is 219 Å². The first-order chi connectivity index (χ1) is 17.9. The van der Waals surface area contributed by atoms with Crippen molar-refractivity contribution in [2.45, 2.75) is 32.7 Å². The second-order valence-corrected chi connectivity index (χ2v) is 11.3. The van der Waals surface area contributed by atoms with Gasteiger partial charge in [-0.05, 0) is 49.1 Å². The summed E-state index contributed by atoms with van der Waals surface area (Å²) in [5, 5.41) is 0.348. The van der Waals surface area contributed by atoms with Crippen LogP contribution in [0.2, 0.25) is 0 Å². The maximum atomic E-state index is 15.3. The summed E-state index contributed by atoms with van der Waals surface area (Å²) in [4.78, 5) is 34.4. The number of H-pyrrole nitrogens is 1. The lowest BCUT2D eigenvalue weighted by Gasteiger charge is -2.21. The standard InChI is InChI=1S/C27H28F2N4O4S/c1-5-10-38(36,37)32-22-9-8-21(28)23(24(22)29)25(34)20-14-31-26-19(20)12-17(13-30-26)16-6-7-18(15(2)11-16)27(35)33(3)4/h6-8,11-14,22,32H,5,9-10H2,1-4H3,(H,30,31). The third-order valence-corrected chi connectivity index (χ3v) is 7.90. The first-order valence-electron chi connectivity index (χ1n) is 12.0. The van der Waals surface area contributed by atoms with Crippen LogP contribution in [0.25, 0.3) is 22.2 Å². The van der Waals surface area contributed by atoms with Gasteiger partial charge in [-0.25, -0.2) is 26.9 Å². The zero-order chi connectivity index (χ0) is 27.8. The Morgan fingerprint density at radius 1 is 1.16 bits per heavy atom. The van der Waals surface area contributed by atoms with E-state index in [-0.39, 0.29) is 23.6 Å². The molecule has 1 atom stereocenters. The van der Waals surface area contributed by atoms with Gasteiger partial charge in [0.25, 0.3) is 5.91 Å². The highest BCUT2D eigenvalue weighted by atomic mass is 32.2. The van der Waals surface area contributed by atoms with Crippen molar-refractivity contribution < 1.29 is 26.8 Å². The number of hydrogen-bond acceptors (Lipinski definition) is 5. The minimum atomic E-state index is -3.80. The number of Topliss-reactive ketones (excluding diaryl/α,β-unsaturated/α-hetero) is 1. The Bertz CT molecular complexity index is 1610. The number of aromatic amines is 1. The Hall–Kier alpha value is -3.70. The van der Waals surface area contributed by atoms with Crippen molar-refractivity contribution in [3.63, 3.8) is 0 Å². The summed E-state index contributed by atoms with van der Waals surface area (Å²) in [5.41, 5.74) is 2.21. The number of pyridine rings is 1. The van der Waals surface area contributed by atoms with Gasteiger partial charge in [0.2, 0.25) is 15.8 Å². The third kappa shape index (κ3) is 5.30. The molecule has 200 valence electrons. The number of fused-ring (bicyclic) bond motifs is 1. The van der Waals surface area contributed by atoms with Crippen molar-refractivity contribution in [1.82, 2.24) is 19.6 Å². The Morgan fingerprint density at radius 2 is 1.89 bits per heavy atom. The van der Waals surface area contributed by atoms with Crippen LogP contribution in [-0.2, 0) is 10.0 Å². The molecule has 0 aliphatic heterocycles. The van der Waals surface area contributed by atoms with Gasteiger partial charge in [0.05, 0.1) is 17.4 Å². The van der Waals surface area contributed by atoms with E-state index in [0.717, 1.165) is 17.2 Å². The number of carbonyl (C=O) groups excluding carboxylic acids is 2. The second kappa shape index (κ2) is 10.6. The predicted octanol–water partition coefficient (Wildman–Crippen LogP) is 4.60. The van der Waals surface area contributed by atoms with Gasteiger partial charge in [-0.3, -0.25) is 9.59 Å². The van der Waals surface area contributed by atoms with Crippen LogP contribution in [0, 0.1) is 6.92 Å². The molecule has 4 rings (SSSR count). The smallest absolute Gasteiger partial charge is 0.253 e. The van der Waals surface area contributed by atoms with E-state index in [9.17, 15) is 22.4 Å². The minimum Gasteiger partial charge on any atom is -0.345 e. The van der Waals surface area contributed by atoms with E-state index in [4.69, 9.17) is 0 Å². The SMILES string of the molecule is CCCS(=O)(=O)NC1CC=C(F)C(C(=O)c2c[nH]c3ncc(-c4ccc(C(=O)N(C)C)c(C)c4)cc23)=C1F. The highest BCUT2D eigenvalue weighted by molar-refractivity contribution is 7.89. The molecule has 0 bridgehead atoms. The van der Waals surface area contributed by atoms with E-state index in [2.05, 4.69) is 14.7 Å². The van der Waals surface area contributed by atoms with Crippen LogP contribution in [-0.4, -0.2) is 60.9 Å². The number of aryl methyl sites for hydroxylation is 1. The number of sulfonamides is 1. The molecule has 3 aromatic rings. The Kier molecular flexibility index (Phi) is 7.61. The number of allylic oxidation sites excluding steroid dienone is 2. The fourth-order valence-corrected chi connectivity index (χ4v) is 5.67. The van der Waals surface area contributed by atoms with Gasteiger partial charge in [-0.2, -0.15) is 0 Å². The van der Waals surface area contributed by atoms with Gasteiger partial charge in [0, 0.05) is 48.6 Å². The number of hydrogen-bond donors (Lipinski definition) is 2. The van der Waals surface area contributed by atoms with Crippen molar-refractivity contribution in [3.05, 3.63) is 76.7 Å². The summed E-state index contributed by atoms with van der Waals surface area (Å²) in [6.07, 6.45) is 4.00. The Morgan fingerprint density at radius 3 is 2.55 bits per heavy atom. The number of ketones is 1. The number of nitrogens with zero attached hydrogens (tertiary/aromatic N) is 2. The molecular weight excluding hydrogens is 514 g/mol. The molecule has 1 aromatic carbocycles. The molecule has 1 aliphatic rings. The summed E-state index contributed by atoms with van der Waals surface area (Å²) >= 11 is 0. The normalized spacial score (nSPS) is 16.1. The minimum absolute atomic E-state index is 0.00348. The number of benzene rings is 1. The van der Waals surface area contributed by atoms with Crippen LogP contribution >= 0.6 is 0 Å². The highest BCUT2D eigenvalue weighted by Crippen LogP contribution is 2.33. The maximum Gasteiger partial charge on any atom is 0.253 e. The third-order valence-electron chi connectivity index (χ3n) is 6.31. The monoisotopic (exact) mass is 542 g/mol. The number of halogens is 2. The molecule has 1 aliphatic carbocycles. The van der Waals surface area contributed by atoms with Gasteiger partial charge < -0.3 is 9.88 Å². The molecule has 0 saturated carbocycles. The van der Waals surface area contributed by atoms with E-state index in [1.54, 1.807) is 45.4 Å². The fraction of sp³-hybridized carbons (Fsp3) is 0.296. The van der Waals surface area contributed by atoms with Gasteiger partial charge >= 0.3 is 0 Å². The lowest BCUT2D eigenvalue weighted by molar-refractivity contribution is 0.0826. The Balaban J connectivity index is 1.72. The lowest BCUT2D eigenvalue weighted by Crippen LogP contribution is -2.38. The molecule has 38 heavy (non-hydrogen) atoms. The van der Waals surface area contributed by atoms with Gasteiger partial charge in [-0.15, -0.1) is 0 Å². The van der Waals surface area contributed by atoms with Crippen molar-refractivity contribution in [3.8, 4) is 11.1 Å². The summed E-state index contributed by atoms with van der Waals surface area (Å²) in [7, 11) is -0.460. The zero-order valence-corrected chi connectivity index (χ0v) is 22.2. The first kappa shape index (κ1) is 27.3. The molecule has 11 heteroatoms. The van der Waals surface area contributed by atoms with Crippen molar-refractivity contribution in [2.75, 3.05) is 19.8 Å². The van der Waals surface area contributed by atoms with Crippen molar-refractivity contribution in [2.24, 2.45) is 0 Å². The van der Waals surface area contributed by atoms with Crippen molar-refractivity contribution in [1.29, 1.82) is 0 Å². The molecular formula is C27H28F2N4O4S. The van der Waals surface area contributed by atoms with Gasteiger partial charge in [0.1, 0.15) is 17.3 Å². The lowest BCUT2D eigenvalue weighted by atomic mass is 9.93. The average Bonchev–Trinajstić information content (AvgIpc) is 3.28. The zero-order valence-electron chi connectivity index (χ0n) is 21.4. The van der Waals surface area contributed by atoms with Crippen LogP contribution in [0.1, 0.15) is 46.0 Å². The quantitative estimate of drug-likeness (QED) is 0.404. The van der Waals surface area contributed by atoms with Crippen LogP contribution in [0.15, 0.2) is 60.0 Å². The molecule has 0 radical (unpaired) electrons. The number of rotatable bonds is 8. The summed E-state index contributed by atoms with van der Waals surface area (Å²) in [6, 6.07) is 5.61. The van der Waals surface area contributed by atoms with E-state index in [1.165, 1.54) is 11.1 Å². The topological polar surface area (TPSA) is 112 Å². The summed E-state index contributed by atoms with van der Waals surface area (Å²) < 4.78 is 56.6. The highest BCUT2D eigenvalue weighted by Gasteiger charge is 2.33. The van der Waals surface area contributed by atoms with Gasteiger partial charge in [-0.1, -0.05) is 19.1 Å². The molecule has 1 unspecified atom stereocenters. The second-order valence-electron chi connectivity index (χ2n) is 9.38. The molecule has 0 fully saturated rings. The molecule has 0 spiro atoms. The molecule has 0 saturated heterocycles. The van der Waals surface area contributed by atoms with Crippen LogP contribution in [0.3, 0.4) is 0 Å². The number of carbonyl (C=O) groups is 2. The van der Waals surface area contributed by atoms with Crippen LogP contribution in [0.5, 0.6) is 0 Å².